The number of carbonyl (C=O) groups is 1. The van der Waals surface area contributed by atoms with E-state index < -0.39 is 6.10 Å². The molecule has 0 saturated carbocycles. The molecule has 2 aromatic carbocycles. The predicted octanol–water partition coefficient (Wildman–Crippen LogP) is 3.48. The zero-order valence-corrected chi connectivity index (χ0v) is 15.6. The first-order valence-corrected chi connectivity index (χ1v) is 8.60. The van der Waals surface area contributed by atoms with Gasteiger partial charge in [0.05, 0.1) is 18.7 Å². The van der Waals surface area contributed by atoms with Crippen molar-refractivity contribution in [1.82, 2.24) is 15.5 Å². The van der Waals surface area contributed by atoms with Gasteiger partial charge in [-0.05, 0) is 43.3 Å². The van der Waals surface area contributed by atoms with Crippen molar-refractivity contribution in [2.24, 2.45) is 0 Å². The van der Waals surface area contributed by atoms with Crippen molar-refractivity contribution in [3.8, 4) is 22.9 Å². The molecule has 1 aromatic heterocycles. The minimum atomic E-state index is -0.728. The van der Waals surface area contributed by atoms with Crippen molar-refractivity contribution < 1.29 is 18.8 Å². The number of para-hydroxylation sites is 1. The van der Waals surface area contributed by atoms with E-state index in [1.807, 2.05) is 12.1 Å². The Morgan fingerprint density at radius 1 is 1.22 bits per heavy atom. The quantitative estimate of drug-likeness (QED) is 0.667. The summed E-state index contributed by atoms with van der Waals surface area (Å²) >= 11 is 6.03. The Kier molecular flexibility index (Phi) is 5.93. The fourth-order valence-electron chi connectivity index (χ4n) is 2.27. The molecule has 0 spiro atoms. The topological polar surface area (TPSA) is 86.5 Å². The van der Waals surface area contributed by atoms with Crippen molar-refractivity contribution in [2.75, 3.05) is 7.11 Å². The van der Waals surface area contributed by atoms with Crippen LogP contribution in [-0.2, 0) is 11.3 Å². The van der Waals surface area contributed by atoms with Gasteiger partial charge in [-0.3, -0.25) is 4.79 Å². The summed E-state index contributed by atoms with van der Waals surface area (Å²) in [6.45, 7) is 1.73. The molecule has 7 nitrogen and oxygen atoms in total. The van der Waals surface area contributed by atoms with Crippen LogP contribution in [0.4, 0.5) is 0 Å². The van der Waals surface area contributed by atoms with Crippen LogP contribution in [0.1, 0.15) is 12.8 Å². The summed E-state index contributed by atoms with van der Waals surface area (Å²) in [6.07, 6.45) is -0.728. The van der Waals surface area contributed by atoms with Crippen LogP contribution >= 0.6 is 11.6 Å². The average Bonchev–Trinajstić information content (AvgIpc) is 3.17. The van der Waals surface area contributed by atoms with Crippen LogP contribution in [0, 0.1) is 0 Å². The maximum atomic E-state index is 12.2. The zero-order chi connectivity index (χ0) is 19.2. The van der Waals surface area contributed by atoms with Gasteiger partial charge in [0.15, 0.2) is 6.10 Å². The van der Waals surface area contributed by atoms with Gasteiger partial charge in [-0.15, -0.1) is 0 Å². The van der Waals surface area contributed by atoms with E-state index in [1.54, 1.807) is 50.4 Å². The van der Waals surface area contributed by atoms with Crippen molar-refractivity contribution in [3.05, 3.63) is 59.4 Å². The van der Waals surface area contributed by atoms with E-state index >= 15 is 0 Å². The van der Waals surface area contributed by atoms with E-state index in [2.05, 4.69) is 15.5 Å². The summed E-state index contributed by atoms with van der Waals surface area (Å²) in [5.41, 5.74) is 0.785. The number of nitrogens with zero attached hydrogens (tertiary/aromatic N) is 2. The van der Waals surface area contributed by atoms with Gasteiger partial charge in [0.1, 0.15) is 11.5 Å². The first kappa shape index (κ1) is 18.7. The summed E-state index contributed by atoms with van der Waals surface area (Å²) < 4.78 is 15.9. The van der Waals surface area contributed by atoms with Gasteiger partial charge in [0.25, 0.3) is 5.91 Å². The molecule has 1 N–H and O–H groups in total. The molecule has 27 heavy (non-hydrogen) atoms. The van der Waals surface area contributed by atoms with E-state index in [1.165, 1.54) is 0 Å². The number of ether oxygens (including phenoxy) is 2. The van der Waals surface area contributed by atoms with Crippen LogP contribution in [0.2, 0.25) is 5.02 Å². The van der Waals surface area contributed by atoms with Crippen LogP contribution in [0.25, 0.3) is 11.4 Å². The molecule has 3 rings (SSSR count). The number of hydrogen-bond donors (Lipinski definition) is 1. The third kappa shape index (κ3) is 4.77. The number of carbonyl (C=O) groups excluding carboxylic acids is 1. The number of nitrogens with one attached hydrogen (secondary N) is 1. The first-order valence-electron chi connectivity index (χ1n) is 8.22. The summed E-state index contributed by atoms with van der Waals surface area (Å²) in [5.74, 6) is 1.59. The number of amides is 1. The minimum Gasteiger partial charge on any atom is -0.497 e. The molecule has 3 aromatic rings. The van der Waals surface area contributed by atoms with Gasteiger partial charge >= 0.3 is 0 Å². The van der Waals surface area contributed by atoms with E-state index in [-0.39, 0.29) is 12.5 Å². The Morgan fingerprint density at radius 3 is 2.67 bits per heavy atom. The highest BCUT2D eigenvalue weighted by Crippen LogP contribution is 2.24. The van der Waals surface area contributed by atoms with Crippen LogP contribution in [0.5, 0.6) is 11.5 Å². The van der Waals surface area contributed by atoms with Gasteiger partial charge < -0.3 is 19.3 Å². The molecule has 0 aliphatic heterocycles. The highest BCUT2D eigenvalue weighted by atomic mass is 35.5. The zero-order valence-electron chi connectivity index (χ0n) is 14.8. The standard InChI is InChI=1S/C19H18ClN3O4/c1-12(26-16-6-4-3-5-15(16)20)19(24)21-11-17-22-18(23-27-17)13-7-9-14(25-2)10-8-13/h3-10,12H,11H2,1-2H3,(H,21,24)/t12-/m0/s1. The fraction of sp³-hybridized carbons (Fsp3) is 0.211. The van der Waals surface area contributed by atoms with E-state index in [9.17, 15) is 4.79 Å². The van der Waals surface area contributed by atoms with E-state index in [4.69, 9.17) is 25.6 Å². The number of halogens is 1. The molecule has 0 radical (unpaired) electrons. The fourth-order valence-corrected chi connectivity index (χ4v) is 2.46. The van der Waals surface area contributed by atoms with Crippen molar-refractivity contribution in [1.29, 1.82) is 0 Å². The number of rotatable bonds is 7. The van der Waals surface area contributed by atoms with Gasteiger partial charge in [-0.25, -0.2) is 0 Å². The minimum absolute atomic E-state index is 0.0954. The molecule has 0 saturated heterocycles. The molecule has 8 heteroatoms. The first-order chi connectivity index (χ1) is 13.1. The lowest BCUT2D eigenvalue weighted by molar-refractivity contribution is -0.127. The monoisotopic (exact) mass is 387 g/mol. The summed E-state index contributed by atoms with van der Waals surface area (Å²) in [5, 5.41) is 7.06. The number of benzene rings is 2. The molecule has 0 aliphatic carbocycles. The van der Waals surface area contributed by atoms with E-state index in [0.29, 0.717) is 22.5 Å². The Labute approximate surface area is 161 Å². The maximum absolute atomic E-state index is 12.2. The Morgan fingerprint density at radius 2 is 1.96 bits per heavy atom. The summed E-state index contributed by atoms with van der Waals surface area (Å²) in [6, 6.07) is 14.2. The third-order valence-electron chi connectivity index (χ3n) is 3.74. The Bertz CT molecular complexity index is 911. The molecule has 1 heterocycles. The molecular weight excluding hydrogens is 370 g/mol. The summed E-state index contributed by atoms with van der Waals surface area (Å²) in [7, 11) is 1.60. The number of hydrogen-bond acceptors (Lipinski definition) is 6. The molecule has 0 bridgehead atoms. The predicted molar refractivity (Wildman–Crippen MR) is 99.7 cm³/mol. The maximum Gasteiger partial charge on any atom is 0.261 e. The van der Waals surface area contributed by atoms with Crippen LogP contribution in [0.15, 0.2) is 53.1 Å². The van der Waals surface area contributed by atoms with E-state index in [0.717, 1.165) is 11.3 Å². The van der Waals surface area contributed by atoms with Crippen LogP contribution in [-0.4, -0.2) is 29.3 Å². The largest absolute Gasteiger partial charge is 0.497 e. The lowest BCUT2D eigenvalue weighted by Gasteiger charge is -2.14. The Hall–Kier alpha value is -3.06. The molecule has 1 amide bonds. The highest BCUT2D eigenvalue weighted by molar-refractivity contribution is 6.32. The third-order valence-corrected chi connectivity index (χ3v) is 4.05. The highest BCUT2D eigenvalue weighted by Gasteiger charge is 2.17. The normalized spacial score (nSPS) is 11.7. The van der Waals surface area contributed by atoms with Gasteiger partial charge in [0, 0.05) is 5.56 Å². The molecule has 0 aliphatic rings. The second-order valence-electron chi connectivity index (χ2n) is 5.65. The SMILES string of the molecule is COc1ccc(-c2noc(CNC(=O)[C@H](C)Oc3ccccc3Cl)n2)cc1. The molecule has 1 atom stereocenters. The van der Waals surface area contributed by atoms with Crippen molar-refractivity contribution in [2.45, 2.75) is 19.6 Å². The smallest absolute Gasteiger partial charge is 0.261 e. The second-order valence-corrected chi connectivity index (χ2v) is 6.06. The lowest BCUT2D eigenvalue weighted by Crippen LogP contribution is -2.36. The Balaban J connectivity index is 1.56. The van der Waals surface area contributed by atoms with Gasteiger partial charge in [-0.2, -0.15) is 4.98 Å². The molecular formula is C19H18ClN3O4. The van der Waals surface area contributed by atoms with Crippen LogP contribution in [0.3, 0.4) is 0 Å². The van der Waals surface area contributed by atoms with Crippen LogP contribution < -0.4 is 14.8 Å². The number of methoxy groups -OCH3 is 1. The summed E-state index contributed by atoms with van der Waals surface area (Å²) in [4.78, 5) is 16.5. The molecule has 140 valence electrons. The van der Waals surface area contributed by atoms with Crippen molar-refractivity contribution in [3.63, 3.8) is 0 Å². The molecule has 0 unspecified atom stereocenters. The average molecular weight is 388 g/mol. The van der Waals surface area contributed by atoms with Gasteiger partial charge in [0.2, 0.25) is 11.7 Å². The lowest BCUT2D eigenvalue weighted by atomic mass is 10.2. The second kappa shape index (κ2) is 8.55. The van der Waals surface area contributed by atoms with Crippen molar-refractivity contribution >= 4 is 17.5 Å². The van der Waals surface area contributed by atoms with Gasteiger partial charge in [-0.1, -0.05) is 28.9 Å². The number of aromatic nitrogens is 2. The molecule has 0 fully saturated rings.